The Morgan fingerprint density at radius 2 is 2.05 bits per heavy atom. The zero-order valence-corrected chi connectivity index (χ0v) is 13.7. The molecule has 0 aliphatic rings. The molecule has 1 aromatic carbocycles. The third-order valence-corrected chi connectivity index (χ3v) is 4.33. The van der Waals surface area contributed by atoms with Gasteiger partial charge < -0.3 is 5.32 Å². The number of hydrogen-bond acceptors (Lipinski definition) is 4. The van der Waals surface area contributed by atoms with Crippen molar-refractivity contribution in [3.05, 3.63) is 58.0 Å². The van der Waals surface area contributed by atoms with Crippen molar-refractivity contribution in [2.24, 2.45) is 7.05 Å². The van der Waals surface area contributed by atoms with E-state index < -0.39 is 0 Å². The average molecular weight is 317 g/mol. The maximum absolute atomic E-state index is 12.2. The lowest BCUT2D eigenvalue weighted by atomic mass is 10.2. The third kappa shape index (κ3) is 4.21. The Balaban J connectivity index is 1.98. The van der Waals surface area contributed by atoms with Gasteiger partial charge in [0.15, 0.2) is 5.16 Å². The van der Waals surface area contributed by atoms with Crippen molar-refractivity contribution in [3.63, 3.8) is 0 Å². The van der Waals surface area contributed by atoms with Gasteiger partial charge in [-0.15, -0.1) is 0 Å². The molecule has 0 fully saturated rings. The number of aryl methyl sites for hydroxylation is 1. The summed E-state index contributed by atoms with van der Waals surface area (Å²) in [5.41, 5.74) is 1.59. The van der Waals surface area contributed by atoms with Crippen LogP contribution in [0.25, 0.3) is 0 Å². The second kappa shape index (κ2) is 7.26. The Kier molecular flexibility index (Phi) is 5.38. The zero-order chi connectivity index (χ0) is 16.1. The molecule has 0 saturated carbocycles. The molecule has 6 heteroatoms. The van der Waals surface area contributed by atoms with E-state index in [2.05, 4.69) is 10.3 Å². The normalized spacial score (nSPS) is 12.0. The minimum atomic E-state index is -0.330. The minimum Gasteiger partial charge on any atom is -0.351 e. The van der Waals surface area contributed by atoms with Gasteiger partial charge in [0.05, 0.1) is 5.25 Å². The van der Waals surface area contributed by atoms with Crippen LogP contribution in [-0.2, 0) is 18.4 Å². The Morgan fingerprint density at radius 1 is 1.36 bits per heavy atom. The molecule has 0 aliphatic heterocycles. The molecule has 1 amide bonds. The summed E-state index contributed by atoms with van der Waals surface area (Å²) in [7, 11) is 1.66. The molecule has 116 valence electrons. The maximum Gasteiger partial charge on any atom is 0.254 e. The van der Waals surface area contributed by atoms with Crippen LogP contribution in [0.3, 0.4) is 0 Å². The first-order valence-electron chi connectivity index (χ1n) is 7.00. The van der Waals surface area contributed by atoms with Gasteiger partial charge >= 0.3 is 0 Å². The van der Waals surface area contributed by atoms with E-state index in [9.17, 15) is 9.59 Å². The predicted octanol–water partition coefficient (Wildman–Crippen LogP) is 1.89. The molecule has 0 bridgehead atoms. The second-order valence-corrected chi connectivity index (χ2v) is 6.35. The number of hydrogen-bond donors (Lipinski definition) is 1. The summed E-state index contributed by atoms with van der Waals surface area (Å²) in [5, 5.41) is 3.11. The van der Waals surface area contributed by atoms with Gasteiger partial charge in [-0.1, -0.05) is 42.1 Å². The van der Waals surface area contributed by atoms with Crippen molar-refractivity contribution >= 4 is 17.7 Å². The molecule has 1 N–H and O–H groups in total. The highest BCUT2D eigenvalue weighted by Gasteiger charge is 2.17. The van der Waals surface area contributed by atoms with Crippen molar-refractivity contribution in [2.45, 2.75) is 30.8 Å². The highest BCUT2D eigenvalue weighted by Crippen LogP contribution is 2.20. The van der Waals surface area contributed by atoms with E-state index in [4.69, 9.17) is 0 Å². The number of carbonyl (C=O) groups excluding carboxylic acids is 1. The monoisotopic (exact) mass is 317 g/mol. The molecule has 0 spiro atoms. The summed E-state index contributed by atoms with van der Waals surface area (Å²) < 4.78 is 1.46. The van der Waals surface area contributed by atoms with Crippen LogP contribution in [0.4, 0.5) is 0 Å². The maximum atomic E-state index is 12.2. The van der Waals surface area contributed by atoms with E-state index in [-0.39, 0.29) is 16.7 Å². The van der Waals surface area contributed by atoms with Crippen molar-refractivity contribution < 1.29 is 4.79 Å². The lowest BCUT2D eigenvalue weighted by Gasteiger charge is -2.13. The Hall–Kier alpha value is -2.08. The largest absolute Gasteiger partial charge is 0.351 e. The Bertz CT molecular complexity index is 713. The molecule has 2 rings (SSSR count). The van der Waals surface area contributed by atoms with Crippen LogP contribution in [0.1, 0.15) is 18.2 Å². The van der Waals surface area contributed by atoms with Crippen molar-refractivity contribution in [3.8, 4) is 0 Å². The molecule has 1 unspecified atom stereocenters. The number of nitrogens with one attached hydrogen (secondary N) is 1. The summed E-state index contributed by atoms with van der Waals surface area (Å²) in [6.45, 7) is 4.07. The molecule has 5 nitrogen and oxygen atoms in total. The molecule has 1 aromatic heterocycles. The molecular weight excluding hydrogens is 298 g/mol. The fourth-order valence-corrected chi connectivity index (χ4v) is 2.83. The van der Waals surface area contributed by atoms with E-state index in [1.54, 1.807) is 20.9 Å². The Morgan fingerprint density at radius 3 is 2.73 bits per heavy atom. The molecule has 1 heterocycles. The third-order valence-electron chi connectivity index (χ3n) is 3.18. The summed E-state index contributed by atoms with van der Waals surface area (Å²) in [5.74, 6) is -0.0791. The van der Waals surface area contributed by atoms with Crippen LogP contribution < -0.4 is 10.9 Å². The first kappa shape index (κ1) is 16.3. The number of carbonyl (C=O) groups is 1. The van der Waals surface area contributed by atoms with Gasteiger partial charge in [-0.05, 0) is 19.4 Å². The first-order valence-corrected chi connectivity index (χ1v) is 7.88. The van der Waals surface area contributed by atoms with Crippen molar-refractivity contribution in [1.82, 2.24) is 14.9 Å². The smallest absolute Gasteiger partial charge is 0.254 e. The topological polar surface area (TPSA) is 64.0 Å². The van der Waals surface area contributed by atoms with E-state index >= 15 is 0 Å². The molecule has 0 radical (unpaired) electrons. The molecule has 0 aliphatic carbocycles. The molecule has 0 saturated heterocycles. The van der Waals surface area contributed by atoms with Gasteiger partial charge in [0.25, 0.3) is 5.56 Å². The first-order chi connectivity index (χ1) is 10.5. The van der Waals surface area contributed by atoms with Crippen LogP contribution >= 0.6 is 11.8 Å². The lowest BCUT2D eigenvalue weighted by molar-refractivity contribution is -0.120. The van der Waals surface area contributed by atoms with Crippen molar-refractivity contribution in [1.29, 1.82) is 0 Å². The fraction of sp³-hybridized carbons (Fsp3) is 0.312. The predicted molar refractivity (Wildman–Crippen MR) is 87.8 cm³/mol. The average Bonchev–Trinajstić information content (AvgIpc) is 2.50. The van der Waals surface area contributed by atoms with Crippen LogP contribution in [0.2, 0.25) is 0 Å². The SMILES string of the molecule is Cc1cc(=O)n(C)c(SC(C)C(=O)NCc2ccccc2)n1. The van der Waals surface area contributed by atoms with Gasteiger partial charge in [-0.2, -0.15) is 0 Å². The van der Waals surface area contributed by atoms with Gasteiger partial charge in [-0.25, -0.2) is 4.98 Å². The van der Waals surface area contributed by atoms with Crippen LogP contribution in [0.15, 0.2) is 46.3 Å². The summed E-state index contributed by atoms with van der Waals surface area (Å²) >= 11 is 1.28. The van der Waals surface area contributed by atoms with Crippen molar-refractivity contribution in [2.75, 3.05) is 0 Å². The second-order valence-electron chi connectivity index (χ2n) is 5.04. The standard InChI is InChI=1S/C16H19N3O2S/c1-11-9-14(20)19(3)16(18-11)22-12(2)15(21)17-10-13-7-5-4-6-8-13/h4-9,12H,10H2,1-3H3,(H,17,21). The van der Waals surface area contributed by atoms with E-state index in [1.807, 2.05) is 30.3 Å². The van der Waals surface area contributed by atoms with Gasteiger partial charge in [0, 0.05) is 25.4 Å². The Labute approximate surface area is 133 Å². The summed E-state index contributed by atoms with van der Waals surface area (Å²) in [6.07, 6.45) is 0. The number of rotatable bonds is 5. The van der Waals surface area contributed by atoms with E-state index in [1.165, 1.54) is 22.4 Å². The number of benzene rings is 1. The van der Waals surface area contributed by atoms with Gasteiger partial charge in [-0.3, -0.25) is 14.2 Å². The van der Waals surface area contributed by atoms with Crippen LogP contribution in [-0.4, -0.2) is 20.7 Å². The number of aromatic nitrogens is 2. The molecule has 2 aromatic rings. The van der Waals surface area contributed by atoms with Crippen LogP contribution in [0.5, 0.6) is 0 Å². The summed E-state index contributed by atoms with van der Waals surface area (Å²) in [6, 6.07) is 11.2. The quantitative estimate of drug-likeness (QED) is 0.675. The number of nitrogens with zero attached hydrogens (tertiary/aromatic N) is 2. The molecule has 1 atom stereocenters. The number of thioether (sulfide) groups is 1. The minimum absolute atomic E-state index is 0.0791. The van der Waals surface area contributed by atoms with E-state index in [0.717, 1.165) is 5.56 Å². The van der Waals surface area contributed by atoms with Gasteiger partial charge in [0.2, 0.25) is 5.91 Å². The highest BCUT2D eigenvalue weighted by molar-refractivity contribution is 8.00. The number of amides is 1. The van der Waals surface area contributed by atoms with Crippen LogP contribution in [0, 0.1) is 6.92 Å². The lowest BCUT2D eigenvalue weighted by Crippen LogP contribution is -2.31. The van der Waals surface area contributed by atoms with Gasteiger partial charge in [0.1, 0.15) is 0 Å². The zero-order valence-electron chi connectivity index (χ0n) is 12.9. The molecule has 22 heavy (non-hydrogen) atoms. The molecular formula is C16H19N3O2S. The summed E-state index contributed by atoms with van der Waals surface area (Å²) in [4.78, 5) is 28.2. The fourth-order valence-electron chi connectivity index (χ4n) is 1.87. The van der Waals surface area contributed by atoms with E-state index in [0.29, 0.717) is 17.4 Å². The highest BCUT2D eigenvalue weighted by atomic mass is 32.2.